The second-order valence-corrected chi connectivity index (χ2v) is 5.93. The monoisotopic (exact) mass is 375 g/mol. The molecule has 0 aromatic heterocycles. The van der Waals surface area contributed by atoms with Crippen molar-refractivity contribution >= 4 is 33.3 Å². The molecule has 0 aliphatic carbocycles. The van der Waals surface area contributed by atoms with E-state index in [-0.39, 0.29) is 11.7 Å². The van der Waals surface area contributed by atoms with Crippen LogP contribution >= 0.6 is 15.9 Å². The molecule has 0 spiro atoms. The summed E-state index contributed by atoms with van der Waals surface area (Å²) in [5.41, 5.74) is 1.81. The van der Waals surface area contributed by atoms with E-state index in [9.17, 15) is 9.59 Å². The first-order valence-electron chi connectivity index (χ1n) is 7.02. The quantitative estimate of drug-likeness (QED) is 0.655. The van der Waals surface area contributed by atoms with E-state index in [4.69, 9.17) is 9.47 Å². The minimum absolute atomic E-state index is 0.165. The highest BCUT2D eigenvalue weighted by molar-refractivity contribution is 9.09. The first-order chi connectivity index (χ1) is 11.0. The lowest BCUT2D eigenvalue weighted by Crippen LogP contribution is -2.33. The highest BCUT2D eigenvalue weighted by atomic mass is 79.9. The summed E-state index contributed by atoms with van der Waals surface area (Å²) in [6.07, 6.45) is 0. The highest BCUT2D eigenvalue weighted by Crippen LogP contribution is 2.38. The van der Waals surface area contributed by atoms with E-state index in [1.54, 1.807) is 12.1 Å². The van der Waals surface area contributed by atoms with Gasteiger partial charge < -0.3 is 14.8 Å². The Morgan fingerprint density at radius 2 is 2.04 bits per heavy atom. The number of nitrogens with one attached hydrogen (secondary N) is 1. The number of benzene rings is 2. The summed E-state index contributed by atoms with van der Waals surface area (Å²) in [4.78, 5) is 23.6. The van der Waals surface area contributed by atoms with Crippen molar-refractivity contribution in [2.75, 3.05) is 5.32 Å². The molecule has 2 aromatic rings. The summed E-state index contributed by atoms with van der Waals surface area (Å²) >= 11 is 3.11. The van der Waals surface area contributed by atoms with Gasteiger partial charge in [-0.05, 0) is 34.5 Å². The Labute approximate surface area is 141 Å². The molecule has 1 aliphatic heterocycles. The molecular weight excluding hydrogens is 362 g/mol. The average Bonchev–Trinajstić information content (AvgIpc) is 2.54. The van der Waals surface area contributed by atoms with Gasteiger partial charge in [-0.25, -0.2) is 0 Å². The van der Waals surface area contributed by atoms with Crippen molar-refractivity contribution < 1.29 is 19.1 Å². The first kappa shape index (κ1) is 15.6. The van der Waals surface area contributed by atoms with E-state index in [1.807, 2.05) is 30.3 Å². The molecule has 0 fully saturated rings. The number of ether oxygens (including phenoxy) is 2. The van der Waals surface area contributed by atoms with Gasteiger partial charge in [0, 0.05) is 6.07 Å². The Morgan fingerprint density at radius 1 is 1.30 bits per heavy atom. The second kappa shape index (κ2) is 6.42. The summed E-state index contributed by atoms with van der Waals surface area (Å²) < 4.78 is 11.2. The Balaban J connectivity index is 1.90. The van der Waals surface area contributed by atoms with Crippen LogP contribution in [0.3, 0.4) is 0 Å². The number of carbonyl (C=O) groups excluding carboxylic acids is 2. The fraction of sp³-hybridized carbons (Fsp3) is 0.176. The lowest BCUT2D eigenvalue weighted by atomic mass is 10.1. The van der Waals surface area contributed by atoms with Crippen LogP contribution in [0.15, 0.2) is 42.5 Å². The molecule has 0 saturated heterocycles. The van der Waals surface area contributed by atoms with E-state index >= 15 is 0 Å². The summed E-state index contributed by atoms with van der Waals surface area (Å²) in [7, 11) is 0. The van der Waals surface area contributed by atoms with Crippen LogP contribution in [-0.4, -0.2) is 16.7 Å². The normalized spacial score (nSPS) is 16.1. The number of halogens is 1. The molecule has 1 unspecified atom stereocenters. The van der Waals surface area contributed by atoms with Crippen molar-refractivity contribution in [2.24, 2.45) is 0 Å². The Hall–Kier alpha value is -2.34. The van der Waals surface area contributed by atoms with Gasteiger partial charge >= 0.3 is 0 Å². The molecule has 0 saturated carbocycles. The molecule has 5 nitrogen and oxygen atoms in total. The number of ketones is 1. The van der Waals surface area contributed by atoms with Crippen molar-refractivity contribution in [1.29, 1.82) is 0 Å². The van der Waals surface area contributed by atoms with Crippen LogP contribution in [0.25, 0.3) is 0 Å². The number of anilines is 1. The molecule has 1 aliphatic rings. The fourth-order valence-corrected chi connectivity index (χ4v) is 2.56. The molecular formula is C17H14BrNO4. The third-order valence-corrected chi connectivity index (χ3v) is 3.98. The lowest BCUT2D eigenvalue weighted by Gasteiger charge is -2.24. The molecule has 1 atom stereocenters. The SMILES string of the molecule is CC(=O)c1cc(OCc2ccccc2)cc2c1OC(Br)C(=O)N2. The summed E-state index contributed by atoms with van der Waals surface area (Å²) in [5, 5.41) is 1.88. The zero-order chi connectivity index (χ0) is 16.4. The van der Waals surface area contributed by atoms with Gasteiger partial charge in [0.15, 0.2) is 11.5 Å². The maximum Gasteiger partial charge on any atom is 0.276 e. The molecule has 6 heteroatoms. The number of carbonyl (C=O) groups is 2. The third-order valence-electron chi connectivity index (χ3n) is 3.38. The van der Waals surface area contributed by atoms with Gasteiger partial charge in [-0.3, -0.25) is 9.59 Å². The van der Waals surface area contributed by atoms with E-state index < -0.39 is 5.01 Å². The topological polar surface area (TPSA) is 64.6 Å². The van der Waals surface area contributed by atoms with Crippen LogP contribution in [0.4, 0.5) is 5.69 Å². The Bertz CT molecular complexity index is 761. The summed E-state index contributed by atoms with van der Waals surface area (Å²) in [6, 6.07) is 13.0. The largest absolute Gasteiger partial charge is 0.489 e. The number of Topliss-reactive ketones (excluding diaryl/α,β-unsaturated/α-hetero) is 1. The summed E-state index contributed by atoms with van der Waals surface area (Å²) in [6.45, 7) is 1.81. The average molecular weight is 376 g/mol. The van der Waals surface area contributed by atoms with Crippen molar-refractivity contribution in [1.82, 2.24) is 0 Å². The molecule has 2 aromatic carbocycles. The predicted octanol–water partition coefficient (Wildman–Crippen LogP) is 3.52. The maximum absolute atomic E-state index is 11.9. The zero-order valence-corrected chi connectivity index (χ0v) is 13.9. The van der Waals surface area contributed by atoms with Crippen LogP contribution in [-0.2, 0) is 11.4 Å². The molecule has 1 amide bonds. The second-order valence-electron chi connectivity index (χ2n) is 5.10. The molecule has 0 radical (unpaired) electrons. The van der Waals surface area contributed by atoms with Crippen LogP contribution in [0.5, 0.6) is 11.5 Å². The molecule has 3 rings (SSSR count). The van der Waals surface area contributed by atoms with Gasteiger partial charge in [0.1, 0.15) is 12.4 Å². The molecule has 1 heterocycles. The minimum atomic E-state index is -0.816. The number of rotatable bonds is 4. The van der Waals surface area contributed by atoms with Gasteiger partial charge in [-0.2, -0.15) is 0 Å². The zero-order valence-electron chi connectivity index (χ0n) is 12.3. The van der Waals surface area contributed by atoms with Gasteiger partial charge in [-0.15, -0.1) is 0 Å². The lowest BCUT2D eigenvalue weighted by molar-refractivity contribution is -0.119. The van der Waals surface area contributed by atoms with Gasteiger partial charge in [0.25, 0.3) is 5.91 Å². The van der Waals surface area contributed by atoms with Gasteiger partial charge in [0.05, 0.1) is 11.3 Å². The molecule has 118 valence electrons. The van der Waals surface area contributed by atoms with E-state index in [0.29, 0.717) is 29.4 Å². The molecule has 23 heavy (non-hydrogen) atoms. The highest BCUT2D eigenvalue weighted by Gasteiger charge is 2.29. The van der Waals surface area contributed by atoms with Crippen LogP contribution < -0.4 is 14.8 Å². The smallest absolute Gasteiger partial charge is 0.276 e. The summed E-state index contributed by atoms with van der Waals surface area (Å²) in [5.74, 6) is 0.357. The van der Waals surface area contributed by atoms with E-state index in [2.05, 4.69) is 21.2 Å². The van der Waals surface area contributed by atoms with Crippen molar-refractivity contribution in [3.05, 3.63) is 53.6 Å². The fourth-order valence-electron chi connectivity index (χ4n) is 2.25. The Morgan fingerprint density at radius 3 is 2.74 bits per heavy atom. The van der Waals surface area contributed by atoms with E-state index in [1.165, 1.54) is 6.92 Å². The number of amides is 1. The number of hydrogen-bond acceptors (Lipinski definition) is 4. The number of hydrogen-bond donors (Lipinski definition) is 1. The standard InChI is InChI=1S/C17H14BrNO4/c1-10(20)13-7-12(22-9-11-5-3-2-4-6-11)8-14-15(13)23-16(18)17(21)19-14/h2-8,16H,9H2,1H3,(H,19,21). The van der Waals surface area contributed by atoms with Crippen molar-refractivity contribution in [3.63, 3.8) is 0 Å². The third kappa shape index (κ3) is 3.37. The number of fused-ring (bicyclic) bond motifs is 1. The first-order valence-corrected chi connectivity index (χ1v) is 7.93. The van der Waals surface area contributed by atoms with Crippen LogP contribution in [0, 0.1) is 0 Å². The maximum atomic E-state index is 11.9. The Kier molecular flexibility index (Phi) is 4.34. The minimum Gasteiger partial charge on any atom is -0.489 e. The predicted molar refractivity (Wildman–Crippen MR) is 89.2 cm³/mol. The van der Waals surface area contributed by atoms with E-state index in [0.717, 1.165) is 5.56 Å². The molecule has 1 N–H and O–H groups in total. The van der Waals surface area contributed by atoms with Crippen LogP contribution in [0.2, 0.25) is 0 Å². The van der Waals surface area contributed by atoms with Crippen LogP contribution in [0.1, 0.15) is 22.8 Å². The van der Waals surface area contributed by atoms with Gasteiger partial charge in [-0.1, -0.05) is 30.3 Å². The van der Waals surface area contributed by atoms with Crippen molar-refractivity contribution in [3.8, 4) is 11.5 Å². The van der Waals surface area contributed by atoms with Crippen molar-refractivity contribution in [2.45, 2.75) is 18.5 Å². The van der Waals surface area contributed by atoms with Gasteiger partial charge in [0.2, 0.25) is 5.01 Å². The number of alkyl halides is 1. The molecule has 0 bridgehead atoms.